The van der Waals surface area contributed by atoms with E-state index >= 15 is 0 Å². The van der Waals surface area contributed by atoms with E-state index in [1.807, 2.05) is 86.0 Å². The van der Waals surface area contributed by atoms with E-state index in [0.29, 0.717) is 17.1 Å². The van der Waals surface area contributed by atoms with Crippen LogP contribution in [0.15, 0.2) is 72.8 Å². The van der Waals surface area contributed by atoms with Gasteiger partial charge in [0, 0.05) is 17.3 Å². The van der Waals surface area contributed by atoms with Crippen LogP contribution in [0, 0.1) is 6.92 Å². The molecule has 0 aliphatic carbocycles. The lowest BCUT2D eigenvalue weighted by Gasteiger charge is -2.14. The molecular weight excluding hydrogens is 428 g/mol. The highest BCUT2D eigenvalue weighted by Crippen LogP contribution is 2.20. The van der Waals surface area contributed by atoms with E-state index in [2.05, 4.69) is 15.6 Å². The van der Waals surface area contributed by atoms with Gasteiger partial charge in [-0.15, -0.1) is 0 Å². The first kappa shape index (κ1) is 23.0. The minimum absolute atomic E-state index is 0.0243. The van der Waals surface area contributed by atoms with Crippen molar-refractivity contribution in [2.24, 2.45) is 0 Å². The van der Waals surface area contributed by atoms with Crippen molar-refractivity contribution in [3.63, 3.8) is 0 Å². The van der Waals surface area contributed by atoms with Crippen molar-refractivity contribution in [1.29, 1.82) is 0 Å². The summed E-state index contributed by atoms with van der Waals surface area (Å²) in [5.41, 5.74) is 3.60. The van der Waals surface area contributed by atoms with Crippen LogP contribution >= 0.6 is 0 Å². The van der Waals surface area contributed by atoms with E-state index < -0.39 is 0 Å². The Morgan fingerprint density at radius 2 is 1.74 bits per heavy atom. The number of rotatable bonds is 8. The number of ether oxygens (including phenoxy) is 1. The van der Waals surface area contributed by atoms with Gasteiger partial charge in [0.2, 0.25) is 5.91 Å². The molecule has 0 radical (unpaired) electrons. The lowest BCUT2D eigenvalue weighted by Crippen LogP contribution is -2.30. The molecule has 0 fully saturated rings. The van der Waals surface area contributed by atoms with Gasteiger partial charge in [0.1, 0.15) is 24.7 Å². The minimum atomic E-state index is -0.219. The Labute approximate surface area is 198 Å². The zero-order valence-electron chi connectivity index (χ0n) is 19.5. The van der Waals surface area contributed by atoms with E-state index in [0.717, 1.165) is 22.3 Å². The summed E-state index contributed by atoms with van der Waals surface area (Å²) < 4.78 is 7.74. The Kier molecular flexibility index (Phi) is 6.92. The van der Waals surface area contributed by atoms with Gasteiger partial charge in [-0.05, 0) is 62.7 Å². The van der Waals surface area contributed by atoms with Crippen molar-refractivity contribution in [2.45, 2.75) is 40.0 Å². The van der Waals surface area contributed by atoms with Gasteiger partial charge in [-0.2, -0.15) is 0 Å². The summed E-state index contributed by atoms with van der Waals surface area (Å²) in [6, 6.07) is 22.5. The average molecular weight is 457 g/mol. The fourth-order valence-corrected chi connectivity index (χ4v) is 3.71. The van der Waals surface area contributed by atoms with Gasteiger partial charge in [0.05, 0.1) is 11.0 Å². The van der Waals surface area contributed by atoms with Gasteiger partial charge in [0.25, 0.3) is 5.91 Å². The van der Waals surface area contributed by atoms with Gasteiger partial charge in [0.15, 0.2) is 0 Å². The van der Waals surface area contributed by atoms with Crippen molar-refractivity contribution < 1.29 is 14.3 Å². The number of carbonyl (C=O) groups is 2. The van der Waals surface area contributed by atoms with Crippen LogP contribution in [-0.4, -0.2) is 27.4 Å². The summed E-state index contributed by atoms with van der Waals surface area (Å²) in [6.45, 7) is 5.99. The summed E-state index contributed by atoms with van der Waals surface area (Å²) in [4.78, 5) is 30.2. The Bertz CT molecular complexity index is 1310. The lowest BCUT2D eigenvalue weighted by atomic mass is 10.1. The maximum atomic E-state index is 13.0. The average Bonchev–Trinajstić information content (AvgIpc) is 3.16. The molecule has 0 bridgehead atoms. The number of carbonyl (C=O) groups excluding carboxylic acids is 2. The third-order valence-electron chi connectivity index (χ3n) is 5.33. The number of nitrogens with zero attached hydrogens (tertiary/aromatic N) is 2. The quantitative estimate of drug-likeness (QED) is 0.402. The number of nitrogens with one attached hydrogen (secondary N) is 2. The molecule has 0 saturated carbocycles. The molecule has 0 unspecified atom stereocenters. The Balaban J connectivity index is 1.53. The number of amides is 2. The molecule has 4 rings (SSSR count). The predicted molar refractivity (Wildman–Crippen MR) is 133 cm³/mol. The first-order valence-electron chi connectivity index (χ1n) is 11.2. The predicted octanol–water partition coefficient (Wildman–Crippen LogP) is 4.70. The lowest BCUT2D eigenvalue weighted by molar-refractivity contribution is -0.116. The maximum Gasteiger partial charge on any atom is 0.251 e. The number of aryl methyl sites for hydroxylation is 1. The number of fused-ring (bicyclic) bond motifs is 1. The van der Waals surface area contributed by atoms with Crippen molar-refractivity contribution in [3.8, 4) is 5.75 Å². The first-order valence-corrected chi connectivity index (χ1v) is 11.2. The minimum Gasteiger partial charge on any atom is -0.486 e. The zero-order valence-corrected chi connectivity index (χ0v) is 19.5. The number of aromatic nitrogens is 2. The molecule has 3 aromatic carbocycles. The smallest absolute Gasteiger partial charge is 0.251 e. The molecular formula is C27H28N4O3. The highest BCUT2D eigenvalue weighted by Gasteiger charge is 2.16. The monoisotopic (exact) mass is 456 g/mol. The second-order valence-corrected chi connectivity index (χ2v) is 8.41. The molecule has 0 spiro atoms. The Hall–Kier alpha value is -4.13. The molecule has 34 heavy (non-hydrogen) atoms. The van der Waals surface area contributed by atoms with Crippen molar-refractivity contribution >= 4 is 28.5 Å². The number of hydrogen-bond donors (Lipinski definition) is 2. The topological polar surface area (TPSA) is 85.2 Å². The molecule has 0 saturated heterocycles. The van der Waals surface area contributed by atoms with Crippen LogP contribution in [0.2, 0.25) is 0 Å². The number of para-hydroxylation sites is 3. The van der Waals surface area contributed by atoms with E-state index in [4.69, 9.17) is 4.74 Å². The van der Waals surface area contributed by atoms with Crippen LogP contribution in [0.5, 0.6) is 5.75 Å². The molecule has 0 aliphatic rings. The Morgan fingerprint density at radius 3 is 2.50 bits per heavy atom. The third kappa shape index (κ3) is 5.43. The molecule has 2 N–H and O–H groups in total. The third-order valence-corrected chi connectivity index (χ3v) is 5.33. The number of hydrogen-bond acceptors (Lipinski definition) is 4. The molecule has 1 aromatic heterocycles. The van der Waals surface area contributed by atoms with E-state index in [9.17, 15) is 9.59 Å². The van der Waals surface area contributed by atoms with E-state index in [-0.39, 0.29) is 31.0 Å². The standard InChI is InChI=1S/C27H28N4O3/c1-18(2)28-27(33)22-15-20(14-13-19(22)3)29-26(32)16-31-24-12-8-7-11-23(24)30-25(31)17-34-21-9-5-4-6-10-21/h4-15,18H,16-17H2,1-3H3,(H,28,33)(H,29,32). The van der Waals surface area contributed by atoms with E-state index in [1.54, 1.807) is 12.1 Å². The fraction of sp³-hybridized carbons (Fsp3) is 0.222. The van der Waals surface area contributed by atoms with Crippen LogP contribution in [0.1, 0.15) is 35.6 Å². The summed E-state index contributed by atoms with van der Waals surface area (Å²) in [5, 5.41) is 5.81. The van der Waals surface area contributed by atoms with Crippen LogP contribution < -0.4 is 15.4 Å². The second-order valence-electron chi connectivity index (χ2n) is 8.41. The molecule has 7 heteroatoms. The van der Waals surface area contributed by atoms with Gasteiger partial charge >= 0.3 is 0 Å². The first-order chi connectivity index (χ1) is 16.4. The van der Waals surface area contributed by atoms with Crippen molar-refractivity contribution in [1.82, 2.24) is 14.9 Å². The fourth-order valence-electron chi connectivity index (χ4n) is 3.71. The zero-order chi connectivity index (χ0) is 24.1. The summed E-state index contributed by atoms with van der Waals surface area (Å²) >= 11 is 0. The SMILES string of the molecule is Cc1ccc(NC(=O)Cn2c(COc3ccccc3)nc3ccccc32)cc1C(=O)NC(C)C. The van der Waals surface area contributed by atoms with Crippen LogP contribution in [0.25, 0.3) is 11.0 Å². The normalized spacial score (nSPS) is 10.9. The number of anilines is 1. The summed E-state index contributed by atoms with van der Waals surface area (Å²) in [5.74, 6) is 1.01. The maximum absolute atomic E-state index is 13.0. The van der Waals surface area contributed by atoms with Crippen LogP contribution in [0.3, 0.4) is 0 Å². The van der Waals surface area contributed by atoms with Gasteiger partial charge in [-0.1, -0.05) is 36.4 Å². The van der Waals surface area contributed by atoms with Gasteiger partial charge < -0.3 is 19.9 Å². The molecule has 0 atom stereocenters. The van der Waals surface area contributed by atoms with Gasteiger partial charge in [-0.3, -0.25) is 9.59 Å². The van der Waals surface area contributed by atoms with E-state index in [1.165, 1.54) is 0 Å². The molecule has 174 valence electrons. The highest BCUT2D eigenvalue weighted by molar-refractivity contribution is 5.98. The number of imidazole rings is 1. The molecule has 0 aliphatic heterocycles. The molecule has 4 aromatic rings. The van der Waals surface area contributed by atoms with Crippen molar-refractivity contribution in [2.75, 3.05) is 5.32 Å². The Morgan fingerprint density at radius 1 is 1.00 bits per heavy atom. The second kappa shape index (κ2) is 10.2. The van der Waals surface area contributed by atoms with Gasteiger partial charge in [-0.25, -0.2) is 4.98 Å². The van der Waals surface area contributed by atoms with Crippen molar-refractivity contribution in [3.05, 3.63) is 89.7 Å². The molecule has 2 amide bonds. The molecule has 1 heterocycles. The number of benzene rings is 3. The largest absolute Gasteiger partial charge is 0.486 e. The van der Waals surface area contributed by atoms with Crippen LogP contribution in [0.4, 0.5) is 5.69 Å². The van der Waals surface area contributed by atoms with Crippen LogP contribution in [-0.2, 0) is 17.9 Å². The summed E-state index contributed by atoms with van der Waals surface area (Å²) in [6.07, 6.45) is 0. The molecule has 7 nitrogen and oxygen atoms in total. The highest BCUT2D eigenvalue weighted by atomic mass is 16.5. The summed E-state index contributed by atoms with van der Waals surface area (Å²) in [7, 11) is 0.